The van der Waals surface area contributed by atoms with Gasteiger partial charge >= 0.3 is 12.0 Å². The number of benzene rings is 2. The Morgan fingerprint density at radius 3 is 2.41 bits per heavy atom. The lowest BCUT2D eigenvalue weighted by Gasteiger charge is -2.17. The number of para-hydroxylation sites is 1. The minimum Gasteiger partial charge on any atom is -0.481 e. The van der Waals surface area contributed by atoms with Crippen LogP contribution in [0, 0.1) is 0 Å². The zero-order valence-corrected chi connectivity index (χ0v) is 11.7. The summed E-state index contributed by atoms with van der Waals surface area (Å²) in [5.74, 6) is 0.177. The SMILES string of the molecule is NC(=O)NC(CC(=O)O)c1cccc(Oc2ccccc2)c1. The molecule has 22 heavy (non-hydrogen) atoms. The predicted octanol–water partition coefficient (Wildman–Crippen LogP) is 2.66. The van der Waals surface area contributed by atoms with Crippen molar-refractivity contribution in [2.24, 2.45) is 5.73 Å². The maximum absolute atomic E-state index is 11.0. The molecule has 6 heteroatoms. The Labute approximate surface area is 127 Å². The predicted molar refractivity (Wildman–Crippen MR) is 80.7 cm³/mol. The maximum Gasteiger partial charge on any atom is 0.312 e. The van der Waals surface area contributed by atoms with E-state index in [2.05, 4.69) is 5.32 Å². The highest BCUT2D eigenvalue weighted by atomic mass is 16.5. The van der Waals surface area contributed by atoms with Gasteiger partial charge in [-0.15, -0.1) is 0 Å². The number of urea groups is 1. The molecule has 0 aromatic heterocycles. The summed E-state index contributed by atoms with van der Waals surface area (Å²) in [6.07, 6.45) is -0.266. The fraction of sp³-hybridized carbons (Fsp3) is 0.125. The van der Waals surface area contributed by atoms with Crippen LogP contribution in [0.1, 0.15) is 18.0 Å². The summed E-state index contributed by atoms with van der Waals surface area (Å²) < 4.78 is 5.69. The number of amides is 2. The van der Waals surface area contributed by atoms with Crippen LogP contribution in [0.15, 0.2) is 54.6 Å². The molecule has 6 nitrogen and oxygen atoms in total. The highest BCUT2D eigenvalue weighted by molar-refractivity contribution is 5.74. The molecule has 1 atom stereocenters. The van der Waals surface area contributed by atoms with Gasteiger partial charge < -0.3 is 20.9 Å². The van der Waals surface area contributed by atoms with E-state index in [1.165, 1.54) is 0 Å². The van der Waals surface area contributed by atoms with Crippen molar-refractivity contribution in [1.82, 2.24) is 5.32 Å². The Balaban J connectivity index is 2.20. The quantitative estimate of drug-likeness (QED) is 0.763. The van der Waals surface area contributed by atoms with Crippen LogP contribution in [-0.4, -0.2) is 17.1 Å². The van der Waals surface area contributed by atoms with E-state index in [0.717, 1.165) is 0 Å². The second-order valence-electron chi connectivity index (χ2n) is 4.65. The molecule has 0 radical (unpaired) electrons. The molecule has 0 fully saturated rings. The third-order valence-electron chi connectivity index (χ3n) is 2.93. The largest absolute Gasteiger partial charge is 0.481 e. The molecule has 0 heterocycles. The number of primary amides is 1. The lowest BCUT2D eigenvalue weighted by molar-refractivity contribution is -0.137. The van der Waals surface area contributed by atoms with Crippen molar-refractivity contribution in [3.8, 4) is 11.5 Å². The van der Waals surface area contributed by atoms with E-state index in [0.29, 0.717) is 17.1 Å². The number of aliphatic carboxylic acids is 1. The van der Waals surface area contributed by atoms with Crippen molar-refractivity contribution in [2.75, 3.05) is 0 Å². The number of nitrogens with one attached hydrogen (secondary N) is 1. The smallest absolute Gasteiger partial charge is 0.312 e. The molecule has 0 aliphatic heterocycles. The van der Waals surface area contributed by atoms with Crippen LogP contribution in [-0.2, 0) is 4.79 Å². The Morgan fingerprint density at radius 2 is 1.77 bits per heavy atom. The Hall–Kier alpha value is -3.02. The van der Waals surface area contributed by atoms with Gasteiger partial charge in [-0.2, -0.15) is 0 Å². The van der Waals surface area contributed by atoms with E-state index < -0.39 is 18.0 Å². The van der Waals surface area contributed by atoms with E-state index >= 15 is 0 Å². The van der Waals surface area contributed by atoms with Crippen LogP contribution < -0.4 is 15.8 Å². The minimum atomic E-state index is -1.03. The Morgan fingerprint density at radius 1 is 1.09 bits per heavy atom. The van der Waals surface area contributed by atoms with Crippen molar-refractivity contribution in [3.05, 3.63) is 60.2 Å². The van der Waals surface area contributed by atoms with E-state index in [1.54, 1.807) is 24.3 Å². The molecule has 0 aliphatic rings. The summed E-state index contributed by atoms with van der Waals surface area (Å²) in [6.45, 7) is 0. The first kappa shape index (κ1) is 15.4. The van der Waals surface area contributed by atoms with E-state index in [9.17, 15) is 9.59 Å². The van der Waals surface area contributed by atoms with Gasteiger partial charge in [0.2, 0.25) is 0 Å². The number of carboxylic acids is 1. The second kappa shape index (κ2) is 7.12. The summed E-state index contributed by atoms with van der Waals surface area (Å²) in [4.78, 5) is 21.9. The van der Waals surface area contributed by atoms with Gasteiger partial charge in [0.1, 0.15) is 11.5 Å². The number of rotatable bonds is 6. The van der Waals surface area contributed by atoms with Gasteiger partial charge in [0.05, 0.1) is 12.5 Å². The van der Waals surface area contributed by atoms with Gasteiger partial charge in [-0.05, 0) is 29.8 Å². The number of carboxylic acid groups (broad SMARTS) is 1. The molecular weight excluding hydrogens is 284 g/mol. The Bertz CT molecular complexity index is 642. The number of carbonyl (C=O) groups excluding carboxylic acids is 1. The molecule has 0 bridgehead atoms. The van der Waals surface area contributed by atoms with Crippen molar-refractivity contribution < 1.29 is 19.4 Å². The van der Waals surface area contributed by atoms with E-state index in [4.69, 9.17) is 15.6 Å². The third-order valence-corrected chi connectivity index (χ3v) is 2.93. The van der Waals surface area contributed by atoms with Crippen molar-refractivity contribution in [1.29, 1.82) is 0 Å². The standard InChI is InChI=1S/C16H16N2O4/c17-16(21)18-14(10-15(19)20)11-5-4-8-13(9-11)22-12-6-2-1-3-7-12/h1-9,14H,10H2,(H,19,20)(H3,17,18,21). The zero-order valence-electron chi connectivity index (χ0n) is 11.7. The van der Waals surface area contributed by atoms with Crippen molar-refractivity contribution >= 4 is 12.0 Å². The van der Waals surface area contributed by atoms with Gasteiger partial charge in [-0.1, -0.05) is 30.3 Å². The minimum absolute atomic E-state index is 0.266. The van der Waals surface area contributed by atoms with E-state index in [1.807, 2.05) is 30.3 Å². The molecule has 1 unspecified atom stereocenters. The monoisotopic (exact) mass is 300 g/mol. The molecule has 2 amide bonds. The molecule has 2 aromatic rings. The zero-order chi connectivity index (χ0) is 15.9. The lowest BCUT2D eigenvalue weighted by Crippen LogP contribution is -2.34. The summed E-state index contributed by atoms with van der Waals surface area (Å²) in [7, 11) is 0. The summed E-state index contributed by atoms with van der Waals surface area (Å²) in [5.41, 5.74) is 5.70. The van der Waals surface area contributed by atoms with Gasteiger partial charge in [-0.3, -0.25) is 4.79 Å². The average Bonchev–Trinajstić information content (AvgIpc) is 2.47. The topological polar surface area (TPSA) is 102 Å². The number of ether oxygens (including phenoxy) is 1. The van der Waals surface area contributed by atoms with Gasteiger partial charge in [0, 0.05) is 0 Å². The fourth-order valence-corrected chi connectivity index (χ4v) is 2.02. The first-order valence-electron chi connectivity index (χ1n) is 6.65. The van der Waals surface area contributed by atoms with Gasteiger partial charge in [-0.25, -0.2) is 4.79 Å². The molecule has 0 saturated heterocycles. The number of hydrogen-bond donors (Lipinski definition) is 3. The van der Waals surface area contributed by atoms with Crippen LogP contribution in [0.4, 0.5) is 4.79 Å². The Kier molecular flexibility index (Phi) is 4.98. The molecule has 0 spiro atoms. The first-order valence-corrected chi connectivity index (χ1v) is 6.65. The number of hydrogen-bond acceptors (Lipinski definition) is 3. The molecule has 2 rings (SSSR count). The summed E-state index contributed by atoms with van der Waals surface area (Å²) >= 11 is 0. The summed E-state index contributed by atoms with van der Waals surface area (Å²) in [5, 5.41) is 11.4. The van der Waals surface area contributed by atoms with Crippen LogP contribution in [0.25, 0.3) is 0 Å². The molecule has 4 N–H and O–H groups in total. The third kappa shape index (κ3) is 4.52. The van der Waals surface area contributed by atoms with Crippen LogP contribution in [0.5, 0.6) is 11.5 Å². The fourth-order valence-electron chi connectivity index (χ4n) is 2.02. The van der Waals surface area contributed by atoms with Gasteiger partial charge in [0.15, 0.2) is 0 Å². The highest BCUT2D eigenvalue weighted by Gasteiger charge is 2.17. The molecule has 2 aromatic carbocycles. The van der Waals surface area contributed by atoms with Crippen molar-refractivity contribution in [3.63, 3.8) is 0 Å². The molecule has 0 saturated carbocycles. The summed E-state index contributed by atoms with van der Waals surface area (Å²) in [6, 6.07) is 14.6. The molecular formula is C16H16N2O4. The van der Waals surface area contributed by atoms with Gasteiger partial charge in [0.25, 0.3) is 0 Å². The average molecular weight is 300 g/mol. The van der Waals surface area contributed by atoms with E-state index in [-0.39, 0.29) is 6.42 Å². The number of carbonyl (C=O) groups is 2. The van der Waals surface area contributed by atoms with Crippen LogP contribution >= 0.6 is 0 Å². The maximum atomic E-state index is 11.0. The van der Waals surface area contributed by atoms with Crippen molar-refractivity contribution in [2.45, 2.75) is 12.5 Å². The molecule has 0 aliphatic carbocycles. The van der Waals surface area contributed by atoms with Crippen LogP contribution in [0.2, 0.25) is 0 Å². The second-order valence-corrected chi connectivity index (χ2v) is 4.65. The van der Waals surface area contributed by atoms with Crippen LogP contribution in [0.3, 0.4) is 0 Å². The lowest BCUT2D eigenvalue weighted by atomic mass is 10.0. The molecule has 114 valence electrons. The normalized spacial score (nSPS) is 11.5. The first-order chi connectivity index (χ1) is 10.5. The number of nitrogens with two attached hydrogens (primary N) is 1. The highest BCUT2D eigenvalue weighted by Crippen LogP contribution is 2.25.